The predicted octanol–water partition coefficient (Wildman–Crippen LogP) is 1.68. The van der Waals surface area contributed by atoms with E-state index in [-0.39, 0.29) is 15.5 Å². The third-order valence-electron chi connectivity index (χ3n) is 3.48. The van der Waals surface area contributed by atoms with Gasteiger partial charge in [0.1, 0.15) is 4.90 Å². The molecule has 3 rings (SSSR count). The molecule has 25 heavy (non-hydrogen) atoms. The quantitative estimate of drug-likeness (QED) is 0.700. The lowest BCUT2D eigenvalue weighted by molar-refractivity contribution is 0.588. The van der Waals surface area contributed by atoms with Crippen molar-refractivity contribution in [2.24, 2.45) is 0 Å². The lowest BCUT2D eigenvalue weighted by atomic mass is 10.2. The molecule has 7 nitrogen and oxygen atoms in total. The van der Waals surface area contributed by atoms with Crippen molar-refractivity contribution in [3.8, 4) is 12.5 Å². The molecular formula is C16H13N3O4S2. The Morgan fingerprint density at radius 2 is 1.76 bits per heavy atom. The molecule has 0 atom stereocenters. The van der Waals surface area contributed by atoms with Gasteiger partial charge in [-0.15, -0.1) is 0 Å². The SMILES string of the molecule is C#Cn1ncc2cc(NS(=O)(=O)c3ccccc3S(C)(=O)=O)ccc21. The monoisotopic (exact) mass is 375 g/mol. The molecule has 0 bridgehead atoms. The summed E-state index contributed by atoms with van der Waals surface area (Å²) in [6.07, 6.45) is 7.79. The van der Waals surface area contributed by atoms with Crippen molar-refractivity contribution in [3.63, 3.8) is 0 Å². The predicted molar refractivity (Wildman–Crippen MR) is 94.3 cm³/mol. The van der Waals surface area contributed by atoms with Crippen molar-refractivity contribution in [1.82, 2.24) is 9.78 Å². The van der Waals surface area contributed by atoms with E-state index in [0.717, 1.165) is 6.26 Å². The van der Waals surface area contributed by atoms with Crippen molar-refractivity contribution in [3.05, 3.63) is 48.7 Å². The zero-order valence-electron chi connectivity index (χ0n) is 13.0. The number of hydrogen-bond acceptors (Lipinski definition) is 5. The first-order valence-corrected chi connectivity index (χ1v) is 10.4. The van der Waals surface area contributed by atoms with Gasteiger partial charge >= 0.3 is 0 Å². The summed E-state index contributed by atoms with van der Waals surface area (Å²) < 4.78 is 52.7. The Labute approximate surface area is 145 Å². The molecule has 0 radical (unpaired) electrons. The first-order valence-electron chi connectivity index (χ1n) is 6.99. The van der Waals surface area contributed by atoms with Crippen molar-refractivity contribution in [2.75, 3.05) is 11.0 Å². The first-order chi connectivity index (χ1) is 11.7. The fraction of sp³-hybridized carbons (Fsp3) is 0.0625. The Morgan fingerprint density at radius 1 is 1.08 bits per heavy atom. The number of hydrogen-bond donors (Lipinski definition) is 1. The van der Waals surface area contributed by atoms with Gasteiger partial charge in [0.25, 0.3) is 10.0 Å². The minimum Gasteiger partial charge on any atom is -0.280 e. The molecule has 0 fully saturated rings. The Bertz CT molecular complexity index is 1220. The van der Waals surface area contributed by atoms with Crippen LogP contribution in [0.2, 0.25) is 0 Å². The van der Waals surface area contributed by atoms with Gasteiger partial charge in [0.05, 0.1) is 16.6 Å². The molecule has 1 heterocycles. The number of fused-ring (bicyclic) bond motifs is 1. The minimum absolute atomic E-state index is 0.260. The van der Waals surface area contributed by atoms with Gasteiger partial charge in [-0.2, -0.15) is 9.78 Å². The fourth-order valence-corrected chi connectivity index (χ4v) is 5.07. The highest BCUT2D eigenvalue weighted by Crippen LogP contribution is 2.25. The molecule has 1 aromatic heterocycles. The number of sulfone groups is 1. The van der Waals surface area contributed by atoms with Crippen LogP contribution in [0.5, 0.6) is 0 Å². The molecule has 128 valence electrons. The van der Waals surface area contributed by atoms with Crippen LogP contribution in [-0.2, 0) is 19.9 Å². The molecule has 0 unspecified atom stereocenters. The van der Waals surface area contributed by atoms with Crippen LogP contribution < -0.4 is 4.72 Å². The summed E-state index contributed by atoms with van der Waals surface area (Å²) in [5.41, 5.74) is 0.925. The van der Waals surface area contributed by atoms with E-state index in [9.17, 15) is 16.8 Å². The van der Waals surface area contributed by atoms with Crippen LogP contribution in [0.25, 0.3) is 10.9 Å². The topological polar surface area (TPSA) is 98.1 Å². The number of sulfonamides is 1. The van der Waals surface area contributed by atoms with E-state index in [1.54, 1.807) is 12.1 Å². The molecule has 0 aliphatic rings. The standard InChI is InChI=1S/C16H13N3O4S2/c1-3-19-14-9-8-13(10-12(14)11-17-19)18-25(22,23)16-7-5-4-6-15(16)24(2,20)21/h1,4-11,18H,2H3. The maximum absolute atomic E-state index is 12.6. The summed E-state index contributed by atoms with van der Waals surface area (Å²) >= 11 is 0. The van der Waals surface area contributed by atoms with Gasteiger partial charge in [-0.3, -0.25) is 4.72 Å². The molecule has 0 spiro atoms. The van der Waals surface area contributed by atoms with E-state index in [0.29, 0.717) is 10.9 Å². The summed E-state index contributed by atoms with van der Waals surface area (Å²) in [6.45, 7) is 0. The van der Waals surface area contributed by atoms with Gasteiger partial charge in [-0.25, -0.2) is 16.8 Å². The Morgan fingerprint density at radius 3 is 2.40 bits per heavy atom. The summed E-state index contributed by atoms with van der Waals surface area (Å²) in [5.74, 6) is 0. The van der Waals surface area contributed by atoms with E-state index >= 15 is 0 Å². The Hall–Kier alpha value is -2.83. The number of aromatic nitrogens is 2. The lowest BCUT2D eigenvalue weighted by Gasteiger charge is -2.11. The van der Waals surface area contributed by atoms with E-state index in [1.165, 1.54) is 41.2 Å². The minimum atomic E-state index is -4.09. The second-order valence-corrected chi connectivity index (χ2v) is 8.92. The number of rotatable bonds is 4. The Kier molecular flexibility index (Phi) is 4.02. The van der Waals surface area contributed by atoms with Crippen molar-refractivity contribution in [2.45, 2.75) is 9.79 Å². The van der Waals surface area contributed by atoms with Crippen LogP contribution in [0.15, 0.2) is 58.5 Å². The molecule has 3 aromatic rings. The number of anilines is 1. The van der Waals surface area contributed by atoms with Gasteiger partial charge in [-0.1, -0.05) is 18.6 Å². The molecular weight excluding hydrogens is 362 g/mol. The zero-order chi connectivity index (χ0) is 18.2. The van der Waals surface area contributed by atoms with Crippen LogP contribution >= 0.6 is 0 Å². The molecule has 0 saturated heterocycles. The van der Waals surface area contributed by atoms with Crippen LogP contribution in [0.3, 0.4) is 0 Å². The normalized spacial score (nSPS) is 12.0. The average Bonchev–Trinajstić information content (AvgIpc) is 2.96. The van der Waals surface area contributed by atoms with Crippen molar-refractivity contribution >= 4 is 36.5 Å². The van der Waals surface area contributed by atoms with Gasteiger partial charge < -0.3 is 0 Å². The van der Waals surface area contributed by atoms with E-state index < -0.39 is 19.9 Å². The largest absolute Gasteiger partial charge is 0.280 e. The van der Waals surface area contributed by atoms with E-state index in [2.05, 4.69) is 15.9 Å². The van der Waals surface area contributed by atoms with Gasteiger partial charge in [0.2, 0.25) is 0 Å². The summed E-state index contributed by atoms with van der Waals surface area (Å²) in [5, 5.41) is 4.63. The highest BCUT2D eigenvalue weighted by molar-refractivity contribution is 7.95. The number of terminal acetylenes is 1. The van der Waals surface area contributed by atoms with Crippen molar-refractivity contribution < 1.29 is 16.8 Å². The maximum Gasteiger partial charge on any atom is 0.263 e. The number of benzene rings is 2. The molecule has 0 amide bonds. The summed E-state index contributed by atoms with van der Waals surface area (Å²) in [7, 11) is -7.79. The third kappa shape index (κ3) is 3.22. The van der Waals surface area contributed by atoms with Gasteiger partial charge in [0, 0.05) is 23.4 Å². The summed E-state index contributed by atoms with van der Waals surface area (Å²) in [4.78, 5) is -0.569. The van der Waals surface area contributed by atoms with Crippen LogP contribution in [0, 0.1) is 12.5 Å². The van der Waals surface area contributed by atoms with Crippen molar-refractivity contribution in [1.29, 1.82) is 0 Å². The smallest absolute Gasteiger partial charge is 0.263 e. The molecule has 1 N–H and O–H groups in total. The average molecular weight is 375 g/mol. The van der Waals surface area contributed by atoms with E-state index in [4.69, 9.17) is 6.42 Å². The Balaban J connectivity index is 2.05. The van der Waals surface area contributed by atoms with Crippen LogP contribution in [0.1, 0.15) is 0 Å². The van der Waals surface area contributed by atoms with E-state index in [1.807, 2.05) is 0 Å². The maximum atomic E-state index is 12.6. The number of nitrogens with one attached hydrogen (secondary N) is 1. The molecule has 0 aliphatic heterocycles. The highest BCUT2D eigenvalue weighted by atomic mass is 32.2. The summed E-state index contributed by atoms with van der Waals surface area (Å²) in [6, 6.07) is 12.5. The van der Waals surface area contributed by atoms with Gasteiger partial charge in [-0.05, 0) is 30.3 Å². The molecule has 0 aliphatic carbocycles. The molecule has 2 aromatic carbocycles. The second kappa shape index (κ2) is 5.91. The lowest BCUT2D eigenvalue weighted by Crippen LogP contribution is -2.16. The van der Waals surface area contributed by atoms with Crippen LogP contribution in [-0.4, -0.2) is 32.9 Å². The molecule has 9 heteroatoms. The highest BCUT2D eigenvalue weighted by Gasteiger charge is 2.23. The van der Waals surface area contributed by atoms with Gasteiger partial charge in [0.15, 0.2) is 9.84 Å². The number of nitrogens with zero attached hydrogens (tertiary/aromatic N) is 2. The third-order valence-corrected chi connectivity index (χ3v) is 6.20. The fourth-order valence-electron chi connectivity index (χ4n) is 2.39. The van der Waals surface area contributed by atoms with Crippen LogP contribution in [0.4, 0.5) is 5.69 Å². The molecule has 0 saturated carbocycles. The second-order valence-electron chi connectivity index (χ2n) is 5.28. The first kappa shape index (κ1) is 17.0. The zero-order valence-corrected chi connectivity index (χ0v) is 14.7.